The lowest BCUT2D eigenvalue weighted by Crippen LogP contribution is -2.43. The van der Waals surface area contributed by atoms with Crippen LogP contribution < -0.4 is 5.73 Å². The van der Waals surface area contributed by atoms with Crippen molar-refractivity contribution in [3.8, 4) is 6.07 Å². The first-order valence-electron chi connectivity index (χ1n) is 8.68. The summed E-state index contributed by atoms with van der Waals surface area (Å²) in [5.74, 6) is -1.04. The van der Waals surface area contributed by atoms with Gasteiger partial charge in [-0.25, -0.2) is 22.7 Å². The highest BCUT2D eigenvalue weighted by atomic mass is 19.3. The Hall–Kier alpha value is -2.38. The van der Waals surface area contributed by atoms with Gasteiger partial charge in [0.05, 0.1) is 30.0 Å². The molecule has 0 radical (unpaired) electrons. The number of alkyl halides is 2. The fourth-order valence-corrected chi connectivity index (χ4v) is 3.42. The van der Waals surface area contributed by atoms with E-state index in [-0.39, 0.29) is 36.1 Å². The average molecular weight is 383 g/mol. The maximum absolute atomic E-state index is 14.2. The Morgan fingerprint density at radius 3 is 2.59 bits per heavy atom. The Morgan fingerprint density at radius 2 is 2.15 bits per heavy atom. The maximum Gasteiger partial charge on any atom is 0.249 e. The van der Waals surface area contributed by atoms with Crippen LogP contribution in [0.5, 0.6) is 0 Å². The zero-order valence-electron chi connectivity index (χ0n) is 14.5. The number of nitrogen functional groups attached to an aromatic ring is 1. The van der Waals surface area contributed by atoms with Crippen molar-refractivity contribution >= 4 is 11.5 Å². The van der Waals surface area contributed by atoms with E-state index in [0.29, 0.717) is 13.0 Å². The summed E-state index contributed by atoms with van der Waals surface area (Å²) in [5, 5.41) is 21.7. The van der Waals surface area contributed by atoms with E-state index in [1.165, 1.54) is 0 Å². The third-order valence-electron chi connectivity index (χ3n) is 5.03. The normalized spacial score (nSPS) is 21.3. The summed E-state index contributed by atoms with van der Waals surface area (Å²) in [4.78, 5) is 3.64. The second-order valence-corrected chi connectivity index (χ2v) is 6.74. The molecule has 1 saturated carbocycles. The lowest BCUT2D eigenvalue weighted by atomic mass is 9.66. The van der Waals surface area contributed by atoms with E-state index >= 15 is 0 Å². The molecule has 2 fully saturated rings. The predicted molar refractivity (Wildman–Crippen MR) is 89.7 cm³/mol. The molecule has 2 aromatic heterocycles. The minimum Gasteiger partial charge on any atom is -0.391 e. The number of fused-ring (bicyclic) bond motifs is 1. The first kappa shape index (κ1) is 19.4. The first-order chi connectivity index (χ1) is 12.9. The quantitative estimate of drug-likeness (QED) is 0.823. The molecule has 3 heterocycles. The summed E-state index contributed by atoms with van der Waals surface area (Å²) in [6.45, 7) is 1.37. The highest BCUT2D eigenvalue weighted by Crippen LogP contribution is 2.50. The molecule has 2 aliphatic rings. The molecule has 146 valence electrons. The third kappa shape index (κ3) is 3.44. The minimum absolute atomic E-state index is 0.0946. The Balaban J connectivity index is 0.000000253. The summed E-state index contributed by atoms with van der Waals surface area (Å²) in [7, 11) is 0. The highest BCUT2D eigenvalue weighted by Gasteiger charge is 2.51. The van der Waals surface area contributed by atoms with Crippen LogP contribution in [0.4, 0.5) is 19.1 Å². The van der Waals surface area contributed by atoms with Crippen molar-refractivity contribution in [1.29, 1.82) is 5.26 Å². The van der Waals surface area contributed by atoms with Gasteiger partial charge >= 0.3 is 0 Å². The topological polar surface area (TPSA) is 109 Å². The fraction of sp³-hybridized carbons (Fsp3) is 0.588. The first-order valence-corrected chi connectivity index (χ1v) is 8.68. The number of ether oxygens (including phenoxy) is 1. The maximum atomic E-state index is 14.2. The number of aliphatic hydroxyl groups is 1. The SMILES string of the molecule is N#Cc1c(F)c2cnc(N)nn2c1C1(C(F)F)CCC1.OC1CCCOC1. The Bertz CT molecular complexity index is 854. The lowest BCUT2D eigenvalue weighted by Gasteiger charge is -2.40. The predicted octanol–water partition coefficient (Wildman–Crippen LogP) is 2.17. The Kier molecular flexibility index (Phi) is 5.53. The largest absolute Gasteiger partial charge is 0.391 e. The van der Waals surface area contributed by atoms with Crippen LogP contribution in [0.1, 0.15) is 43.4 Å². The van der Waals surface area contributed by atoms with E-state index < -0.39 is 23.2 Å². The van der Waals surface area contributed by atoms with E-state index in [9.17, 15) is 13.2 Å². The molecular formula is C17H20F3N5O2. The van der Waals surface area contributed by atoms with Crippen LogP contribution in [0.15, 0.2) is 6.20 Å². The van der Waals surface area contributed by atoms with Crippen LogP contribution >= 0.6 is 0 Å². The zero-order valence-corrected chi connectivity index (χ0v) is 14.5. The van der Waals surface area contributed by atoms with E-state index in [4.69, 9.17) is 20.8 Å². The van der Waals surface area contributed by atoms with Gasteiger partial charge in [-0.2, -0.15) is 5.26 Å². The number of rotatable bonds is 2. The van der Waals surface area contributed by atoms with Crippen LogP contribution in [0.3, 0.4) is 0 Å². The number of halogens is 3. The molecule has 4 rings (SSSR count). The van der Waals surface area contributed by atoms with Crippen LogP contribution in [-0.2, 0) is 10.2 Å². The molecule has 1 unspecified atom stereocenters. The van der Waals surface area contributed by atoms with E-state index in [2.05, 4.69) is 10.1 Å². The molecule has 2 aromatic rings. The minimum atomic E-state index is -2.70. The van der Waals surface area contributed by atoms with Crippen molar-refractivity contribution in [1.82, 2.24) is 14.6 Å². The molecule has 0 aromatic carbocycles. The Labute approximate surface area is 153 Å². The van der Waals surface area contributed by atoms with Gasteiger partial charge in [-0.3, -0.25) is 0 Å². The van der Waals surface area contributed by atoms with Gasteiger partial charge in [0, 0.05) is 6.61 Å². The summed E-state index contributed by atoms with van der Waals surface area (Å²) in [6.07, 6.45) is 1.13. The van der Waals surface area contributed by atoms with Crippen LogP contribution in [0, 0.1) is 17.1 Å². The summed E-state index contributed by atoms with van der Waals surface area (Å²) < 4.78 is 47.0. The number of hydrogen-bond acceptors (Lipinski definition) is 6. The molecule has 10 heteroatoms. The number of nitrogens with zero attached hydrogens (tertiary/aromatic N) is 4. The second kappa shape index (κ2) is 7.70. The molecule has 0 bridgehead atoms. The number of aromatic nitrogens is 3. The smallest absolute Gasteiger partial charge is 0.249 e. The van der Waals surface area contributed by atoms with Crippen molar-refractivity contribution in [3.05, 3.63) is 23.3 Å². The summed E-state index contributed by atoms with van der Waals surface area (Å²) >= 11 is 0. The van der Waals surface area contributed by atoms with Crippen molar-refractivity contribution < 1.29 is 23.0 Å². The van der Waals surface area contributed by atoms with Gasteiger partial charge in [0.1, 0.15) is 17.1 Å². The van der Waals surface area contributed by atoms with Crippen molar-refractivity contribution in [2.45, 2.75) is 50.0 Å². The van der Waals surface area contributed by atoms with E-state index in [0.717, 1.165) is 30.2 Å². The standard InChI is InChI=1S/C12H10F3N5.C5H10O2/c13-8-6(4-16)9(12(10(14)15)2-1-3-12)20-7(8)5-18-11(17)19-20;6-5-2-1-3-7-4-5/h5,10H,1-3H2,(H2,17,19);5-6H,1-4H2. The van der Waals surface area contributed by atoms with Gasteiger partial charge in [0.25, 0.3) is 0 Å². The fourth-order valence-electron chi connectivity index (χ4n) is 3.42. The van der Waals surface area contributed by atoms with Gasteiger partial charge in [-0.15, -0.1) is 5.10 Å². The Morgan fingerprint density at radius 1 is 1.41 bits per heavy atom. The van der Waals surface area contributed by atoms with Crippen LogP contribution in [0.2, 0.25) is 0 Å². The summed E-state index contributed by atoms with van der Waals surface area (Å²) in [6, 6.07) is 1.66. The molecule has 0 spiro atoms. The van der Waals surface area contributed by atoms with Crippen molar-refractivity contribution in [3.63, 3.8) is 0 Å². The third-order valence-corrected chi connectivity index (χ3v) is 5.03. The van der Waals surface area contributed by atoms with E-state index in [1.807, 2.05) is 0 Å². The van der Waals surface area contributed by atoms with Crippen LogP contribution in [0.25, 0.3) is 5.52 Å². The monoisotopic (exact) mass is 383 g/mol. The van der Waals surface area contributed by atoms with Crippen LogP contribution in [-0.4, -0.2) is 45.4 Å². The van der Waals surface area contributed by atoms with Crippen molar-refractivity contribution in [2.24, 2.45) is 0 Å². The zero-order chi connectivity index (χ0) is 19.6. The molecule has 1 aliphatic carbocycles. The summed E-state index contributed by atoms with van der Waals surface area (Å²) in [5.41, 5.74) is 3.30. The van der Waals surface area contributed by atoms with E-state index in [1.54, 1.807) is 6.07 Å². The molecule has 1 atom stereocenters. The number of aliphatic hydroxyl groups excluding tert-OH is 1. The molecule has 1 saturated heterocycles. The second-order valence-electron chi connectivity index (χ2n) is 6.74. The van der Waals surface area contributed by atoms with Gasteiger partial charge in [-0.1, -0.05) is 6.42 Å². The van der Waals surface area contributed by atoms with Gasteiger partial charge in [-0.05, 0) is 25.7 Å². The van der Waals surface area contributed by atoms with Crippen molar-refractivity contribution in [2.75, 3.05) is 18.9 Å². The average Bonchev–Trinajstić information content (AvgIpc) is 2.87. The van der Waals surface area contributed by atoms with Gasteiger partial charge in [0.15, 0.2) is 5.82 Å². The number of hydrogen-bond donors (Lipinski definition) is 2. The molecule has 7 nitrogen and oxygen atoms in total. The highest BCUT2D eigenvalue weighted by molar-refractivity contribution is 5.59. The molecule has 1 aliphatic heterocycles. The molecule has 27 heavy (non-hydrogen) atoms. The van der Waals surface area contributed by atoms with Gasteiger partial charge in [0.2, 0.25) is 12.4 Å². The molecule has 3 N–H and O–H groups in total. The molecular weight excluding hydrogens is 363 g/mol. The lowest BCUT2D eigenvalue weighted by molar-refractivity contribution is -0.00536. The molecule has 0 amide bonds. The number of nitriles is 1. The number of anilines is 1. The number of nitrogens with two attached hydrogens (primary N) is 1. The van der Waals surface area contributed by atoms with Gasteiger partial charge < -0.3 is 15.6 Å².